The molecule has 6 heteroatoms. The molecule has 0 saturated carbocycles. The topological polar surface area (TPSA) is 51.2 Å². The van der Waals surface area contributed by atoms with Gasteiger partial charge >= 0.3 is 5.97 Å². The summed E-state index contributed by atoms with van der Waals surface area (Å²) in [6, 6.07) is 2.01. The second-order valence-electron chi connectivity index (χ2n) is 4.31. The van der Waals surface area contributed by atoms with Crippen LogP contribution in [0.1, 0.15) is 29.8 Å². The fraction of sp³-hybridized carbons (Fsp3) is 0.385. The number of fused-ring (bicyclic) bond motifs is 1. The van der Waals surface area contributed by atoms with E-state index in [4.69, 9.17) is 4.74 Å². The zero-order valence-corrected chi connectivity index (χ0v) is 12.1. The molecule has 0 spiro atoms. The van der Waals surface area contributed by atoms with Gasteiger partial charge in [-0.3, -0.25) is 4.79 Å². The van der Waals surface area contributed by atoms with Crippen molar-refractivity contribution in [3.8, 4) is 0 Å². The zero-order chi connectivity index (χ0) is 13.2. The molecule has 0 aliphatic heterocycles. The third-order valence-corrected chi connectivity index (χ3v) is 4.79. The number of carbonyl (C=O) groups is 1. The summed E-state index contributed by atoms with van der Waals surface area (Å²) >= 11 is 3.28. The molecular formula is C13H14N2O2S2. The Morgan fingerprint density at radius 1 is 1.63 bits per heavy atom. The Hall–Kier alpha value is -1.40. The highest BCUT2D eigenvalue weighted by Gasteiger charge is 2.33. The molecule has 2 heterocycles. The Kier molecular flexibility index (Phi) is 3.52. The maximum Gasteiger partial charge on any atom is 0.315 e. The Morgan fingerprint density at radius 2 is 2.53 bits per heavy atom. The smallest absolute Gasteiger partial charge is 0.315 e. The van der Waals surface area contributed by atoms with E-state index in [2.05, 4.69) is 10.3 Å². The molecule has 0 amide bonds. The molecule has 1 atom stereocenters. The fourth-order valence-electron chi connectivity index (χ4n) is 2.21. The van der Waals surface area contributed by atoms with Gasteiger partial charge in [-0.25, -0.2) is 4.98 Å². The molecule has 3 rings (SSSR count). The van der Waals surface area contributed by atoms with Gasteiger partial charge in [-0.2, -0.15) is 11.3 Å². The Balaban J connectivity index is 1.78. The molecule has 1 aliphatic rings. The van der Waals surface area contributed by atoms with E-state index in [0.717, 1.165) is 29.4 Å². The summed E-state index contributed by atoms with van der Waals surface area (Å²) in [5.74, 6) is -0.321. The highest BCUT2D eigenvalue weighted by atomic mass is 32.1. The first-order valence-corrected chi connectivity index (χ1v) is 7.99. The number of nitrogens with one attached hydrogen (secondary N) is 1. The lowest BCUT2D eigenvalue weighted by molar-refractivity contribution is -0.145. The van der Waals surface area contributed by atoms with Crippen LogP contribution in [0.15, 0.2) is 16.8 Å². The summed E-state index contributed by atoms with van der Waals surface area (Å²) < 4.78 is 5.10. The molecule has 19 heavy (non-hydrogen) atoms. The number of anilines is 2. The quantitative estimate of drug-likeness (QED) is 0.876. The van der Waals surface area contributed by atoms with Gasteiger partial charge < -0.3 is 10.1 Å². The molecule has 1 aliphatic carbocycles. The molecular weight excluding hydrogens is 280 g/mol. The van der Waals surface area contributed by atoms with Crippen LogP contribution in [0.5, 0.6) is 0 Å². The lowest BCUT2D eigenvalue weighted by Crippen LogP contribution is -2.14. The van der Waals surface area contributed by atoms with Crippen LogP contribution in [0.4, 0.5) is 10.8 Å². The van der Waals surface area contributed by atoms with E-state index in [1.807, 2.05) is 23.8 Å². The highest BCUT2D eigenvalue weighted by molar-refractivity contribution is 7.15. The van der Waals surface area contributed by atoms with Crippen LogP contribution >= 0.6 is 22.7 Å². The minimum atomic E-state index is -0.177. The Labute approximate surface area is 119 Å². The highest BCUT2D eigenvalue weighted by Crippen LogP contribution is 2.39. The molecule has 1 unspecified atom stereocenters. The van der Waals surface area contributed by atoms with Crippen LogP contribution in [0.25, 0.3) is 0 Å². The van der Waals surface area contributed by atoms with Crippen molar-refractivity contribution >= 4 is 39.5 Å². The summed E-state index contributed by atoms with van der Waals surface area (Å²) in [7, 11) is 0. The van der Waals surface area contributed by atoms with Crippen molar-refractivity contribution in [1.29, 1.82) is 0 Å². The van der Waals surface area contributed by atoms with E-state index < -0.39 is 0 Å². The number of hydrogen-bond donors (Lipinski definition) is 1. The van der Waals surface area contributed by atoms with Gasteiger partial charge in [0.15, 0.2) is 5.13 Å². The summed E-state index contributed by atoms with van der Waals surface area (Å²) in [5, 5.41) is 8.19. The lowest BCUT2D eigenvalue weighted by atomic mass is 10.1. The number of hydrogen-bond acceptors (Lipinski definition) is 6. The number of nitrogens with zero attached hydrogens (tertiary/aromatic N) is 1. The zero-order valence-electron chi connectivity index (χ0n) is 10.5. The van der Waals surface area contributed by atoms with Crippen molar-refractivity contribution in [2.45, 2.75) is 25.7 Å². The second-order valence-corrected chi connectivity index (χ2v) is 6.17. The standard InChI is InChI=1S/C13H14N2O2S2/c1-2-17-12(16)9-3-4-10-11(9)15-13(19-10)14-8-5-6-18-7-8/h5-7,9H,2-4H2,1H3,(H,14,15). The number of thiophene rings is 1. The second kappa shape index (κ2) is 5.30. The maximum atomic E-state index is 11.9. The molecule has 4 nitrogen and oxygen atoms in total. The summed E-state index contributed by atoms with van der Waals surface area (Å²) in [6.07, 6.45) is 1.74. The van der Waals surface area contributed by atoms with Crippen molar-refractivity contribution < 1.29 is 9.53 Å². The minimum Gasteiger partial charge on any atom is -0.465 e. The van der Waals surface area contributed by atoms with Crippen LogP contribution in [-0.4, -0.2) is 17.6 Å². The van der Waals surface area contributed by atoms with E-state index >= 15 is 0 Å². The van der Waals surface area contributed by atoms with E-state index in [1.165, 1.54) is 4.88 Å². The SMILES string of the molecule is CCOC(=O)C1CCc2sc(Nc3ccsc3)nc21. The summed E-state index contributed by atoms with van der Waals surface area (Å²) in [5.41, 5.74) is 1.95. The summed E-state index contributed by atoms with van der Waals surface area (Å²) in [6.45, 7) is 2.26. The third kappa shape index (κ3) is 2.50. The number of ether oxygens (including phenoxy) is 1. The van der Waals surface area contributed by atoms with Gasteiger partial charge in [0.1, 0.15) is 5.92 Å². The number of aryl methyl sites for hydroxylation is 1. The number of aromatic nitrogens is 1. The first kappa shape index (κ1) is 12.6. The van der Waals surface area contributed by atoms with E-state index in [-0.39, 0.29) is 11.9 Å². The average Bonchev–Trinajstić information content (AvgIpc) is 3.05. The number of rotatable bonds is 4. The van der Waals surface area contributed by atoms with Crippen LogP contribution in [0.2, 0.25) is 0 Å². The molecule has 0 bridgehead atoms. The van der Waals surface area contributed by atoms with Crippen molar-refractivity contribution in [2.24, 2.45) is 0 Å². The molecule has 2 aromatic heterocycles. The van der Waals surface area contributed by atoms with Gasteiger partial charge in [0, 0.05) is 10.3 Å². The van der Waals surface area contributed by atoms with Gasteiger partial charge in [0.25, 0.3) is 0 Å². The lowest BCUT2D eigenvalue weighted by Gasteiger charge is -2.07. The van der Waals surface area contributed by atoms with Crippen LogP contribution in [-0.2, 0) is 16.0 Å². The normalized spacial score (nSPS) is 17.2. The first-order chi connectivity index (χ1) is 9.28. The molecule has 0 saturated heterocycles. The van der Waals surface area contributed by atoms with Gasteiger partial charge in [-0.05, 0) is 31.2 Å². The Bertz CT molecular complexity index is 577. The minimum absolute atomic E-state index is 0.145. The van der Waals surface area contributed by atoms with Crippen molar-refractivity contribution in [2.75, 3.05) is 11.9 Å². The van der Waals surface area contributed by atoms with Crippen molar-refractivity contribution in [1.82, 2.24) is 4.98 Å². The number of esters is 1. The fourth-order valence-corrected chi connectivity index (χ4v) is 3.86. The van der Waals surface area contributed by atoms with Crippen molar-refractivity contribution in [3.05, 3.63) is 27.4 Å². The van der Waals surface area contributed by atoms with E-state index in [0.29, 0.717) is 6.61 Å². The van der Waals surface area contributed by atoms with Gasteiger partial charge in [-0.1, -0.05) is 0 Å². The molecule has 0 radical (unpaired) electrons. The first-order valence-electron chi connectivity index (χ1n) is 6.23. The van der Waals surface area contributed by atoms with E-state index in [1.54, 1.807) is 22.7 Å². The van der Waals surface area contributed by atoms with Gasteiger partial charge in [0.05, 0.1) is 18.0 Å². The Morgan fingerprint density at radius 3 is 3.26 bits per heavy atom. The van der Waals surface area contributed by atoms with Crippen molar-refractivity contribution in [3.63, 3.8) is 0 Å². The monoisotopic (exact) mass is 294 g/mol. The number of carbonyl (C=O) groups excluding carboxylic acids is 1. The average molecular weight is 294 g/mol. The van der Waals surface area contributed by atoms with E-state index in [9.17, 15) is 4.79 Å². The largest absolute Gasteiger partial charge is 0.465 e. The molecule has 0 aromatic carbocycles. The summed E-state index contributed by atoms with van der Waals surface area (Å²) in [4.78, 5) is 17.6. The number of thiazole rings is 1. The van der Waals surface area contributed by atoms with Crippen LogP contribution in [0.3, 0.4) is 0 Å². The third-order valence-electron chi connectivity index (χ3n) is 3.06. The molecule has 1 N–H and O–H groups in total. The molecule has 100 valence electrons. The predicted molar refractivity (Wildman–Crippen MR) is 77.4 cm³/mol. The predicted octanol–water partition coefficient (Wildman–Crippen LogP) is 3.54. The molecule has 0 fully saturated rings. The maximum absolute atomic E-state index is 11.9. The molecule has 2 aromatic rings. The van der Waals surface area contributed by atoms with Crippen LogP contribution in [0, 0.1) is 0 Å². The van der Waals surface area contributed by atoms with Gasteiger partial charge in [-0.15, -0.1) is 11.3 Å². The van der Waals surface area contributed by atoms with Crippen LogP contribution < -0.4 is 5.32 Å². The van der Waals surface area contributed by atoms with Gasteiger partial charge in [0.2, 0.25) is 0 Å².